The maximum Gasteiger partial charge on any atom is 0.282 e. The lowest BCUT2D eigenvalue weighted by molar-refractivity contribution is 0.573. The van der Waals surface area contributed by atoms with Crippen molar-refractivity contribution in [3.63, 3.8) is 0 Å². The van der Waals surface area contributed by atoms with Gasteiger partial charge in [0.1, 0.15) is 17.1 Å². The molecule has 0 aliphatic rings. The van der Waals surface area contributed by atoms with Crippen LogP contribution in [0.3, 0.4) is 0 Å². The molecule has 3 aromatic heterocycles. The van der Waals surface area contributed by atoms with Gasteiger partial charge in [-0.25, -0.2) is 4.98 Å². The highest BCUT2D eigenvalue weighted by atomic mass is 35.5. The number of halogens is 1. The second kappa shape index (κ2) is 8.17. The number of para-hydroxylation sites is 2. The number of rotatable bonds is 4. The van der Waals surface area contributed by atoms with Gasteiger partial charge in [-0.15, -0.1) is 0 Å². The summed E-state index contributed by atoms with van der Waals surface area (Å²) in [6.07, 6.45) is 1.49. The number of benzene rings is 3. The van der Waals surface area contributed by atoms with E-state index in [1.807, 2.05) is 54.6 Å². The third kappa shape index (κ3) is 3.60. The summed E-state index contributed by atoms with van der Waals surface area (Å²) in [5.41, 5.74) is 1.85. The molecule has 34 heavy (non-hydrogen) atoms. The van der Waals surface area contributed by atoms with Crippen molar-refractivity contribution in [1.82, 2.24) is 9.66 Å². The van der Waals surface area contributed by atoms with Gasteiger partial charge in [-0.05, 0) is 60.7 Å². The summed E-state index contributed by atoms with van der Waals surface area (Å²) in [4.78, 5) is 18.0. The molecule has 3 aromatic carbocycles. The van der Waals surface area contributed by atoms with Crippen LogP contribution in [-0.2, 0) is 0 Å². The van der Waals surface area contributed by atoms with Crippen LogP contribution in [-0.4, -0.2) is 15.9 Å². The van der Waals surface area contributed by atoms with E-state index >= 15 is 0 Å². The van der Waals surface area contributed by atoms with E-state index in [-0.39, 0.29) is 5.56 Å². The summed E-state index contributed by atoms with van der Waals surface area (Å²) < 4.78 is 13.1. The van der Waals surface area contributed by atoms with E-state index in [1.54, 1.807) is 36.4 Å². The van der Waals surface area contributed by atoms with E-state index in [9.17, 15) is 4.79 Å². The minimum absolute atomic E-state index is 0.304. The number of hydrogen-bond acceptors (Lipinski definition) is 5. The van der Waals surface area contributed by atoms with Gasteiger partial charge in [0.25, 0.3) is 5.56 Å². The van der Waals surface area contributed by atoms with Crippen molar-refractivity contribution in [3.05, 3.63) is 112 Å². The molecule has 3 heterocycles. The van der Waals surface area contributed by atoms with Gasteiger partial charge in [-0.1, -0.05) is 41.9 Å². The predicted octanol–water partition coefficient (Wildman–Crippen LogP) is 6.61. The number of furan rings is 2. The Kier molecular flexibility index (Phi) is 4.86. The summed E-state index contributed by atoms with van der Waals surface area (Å²) in [6.45, 7) is 0. The fourth-order valence-corrected chi connectivity index (χ4v) is 3.91. The molecule has 0 spiro atoms. The molecule has 0 saturated heterocycles. The Labute approximate surface area is 198 Å². The summed E-state index contributed by atoms with van der Waals surface area (Å²) >= 11 is 5.97. The van der Waals surface area contributed by atoms with Crippen molar-refractivity contribution in [1.29, 1.82) is 0 Å². The van der Waals surface area contributed by atoms with E-state index < -0.39 is 0 Å². The summed E-state index contributed by atoms with van der Waals surface area (Å²) in [6, 6.07) is 27.6. The Morgan fingerprint density at radius 3 is 2.50 bits per heavy atom. The molecule has 6 nitrogen and oxygen atoms in total. The zero-order valence-corrected chi connectivity index (χ0v) is 18.4. The van der Waals surface area contributed by atoms with Crippen molar-refractivity contribution in [2.45, 2.75) is 0 Å². The van der Waals surface area contributed by atoms with E-state index in [0.717, 1.165) is 10.9 Å². The van der Waals surface area contributed by atoms with Crippen LogP contribution in [0, 0.1) is 0 Å². The molecule has 0 radical (unpaired) electrons. The van der Waals surface area contributed by atoms with E-state index in [0.29, 0.717) is 44.6 Å². The summed E-state index contributed by atoms with van der Waals surface area (Å²) in [7, 11) is 0. The zero-order valence-electron chi connectivity index (χ0n) is 17.7. The zero-order chi connectivity index (χ0) is 23.1. The highest BCUT2D eigenvalue weighted by Crippen LogP contribution is 2.27. The Hall–Kier alpha value is -4.42. The number of hydrogen-bond donors (Lipinski definition) is 0. The lowest BCUT2D eigenvalue weighted by Crippen LogP contribution is -2.20. The fraction of sp³-hybridized carbons (Fsp3) is 0. The molecule has 0 fully saturated rings. The van der Waals surface area contributed by atoms with E-state index in [2.05, 4.69) is 10.1 Å². The molecular formula is C27H16ClN3O3. The lowest BCUT2D eigenvalue weighted by Gasteiger charge is -2.06. The molecule has 0 bridgehead atoms. The van der Waals surface area contributed by atoms with Crippen LogP contribution in [0.4, 0.5) is 0 Å². The van der Waals surface area contributed by atoms with Crippen LogP contribution < -0.4 is 5.56 Å². The van der Waals surface area contributed by atoms with Gasteiger partial charge in [0, 0.05) is 16.0 Å². The van der Waals surface area contributed by atoms with Gasteiger partial charge >= 0.3 is 0 Å². The lowest BCUT2D eigenvalue weighted by atomic mass is 10.2. The first-order chi connectivity index (χ1) is 16.7. The normalized spacial score (nSPS) is 11.7. The SMILES string of the molecule is O=c1c2ccccc2nc(-c2cc3ccccc3o2)n1N=Cc1ccc(-c2ccc(Cl)cc2)o1. The van der Waals surface area contributed by atoms with Crippen LogP contribution in [0.25, 0.3) is 44.8 Å². The molecule has 0 N–H and O–H groups in total. The first-order valence-corrected chi connectivity index (χ1v) is 10.9. The van der Waals surface area contributed by atoms with Crippen molar-refractivity contribution in [3.8, 4) is 22.9 Å². The van der Waals surface area contributed by atoms with Crippen LogP contribution in [0.2, 0.25) is 5.02 Å². The molecule has 164 valence electrons. The third-order valence-corrected chi connectivity index (χ3v) is 5.71. The standard InChI is InChI=1S/C27H16ClN3O3/c28-19-11-9-17(10-12-19)24-14-13-20(33-24)16-29-31-26(25-15-18-5-1-4-8-23(18)34-25)30-22-7-3-2-6-21(22)27(31)32/h1-16H. The van der Waals surface area contributed by atoms with Gasteiger partial charge < -0.3 is 8.83 Å². The van der Waals surface area contributed by atoms with E-state index in [1.165, 1.54) is 10.9 Å². The molecule has 0 atom stereocenters. The Bertz CT molecular complexity index is 1710. The predicted molar refractivity (Wildman–Crippen MR) is 133 cm³/mol. The van der Waals surface area contributed by atoms with Crippen molar-refractivity contribution in [2.24, 2.45) is 5.10 Å². The first kappa shape index (κ1) is 20.2. The first-order valence-electron chi connectivity index (χ1n) is 10.6. The average Bonchev–Trinajstić information content (AvgIpc) is 3.51. The monoisotopic (exact) mass is 465 g/mol. The highest BCUT2D eigenvalue weighted by molar-refractivity contribution is 6.30. The smallest absolute Gasteiger partial charge is 0.282 e. The Morgan fingerprint density at radius 2 is 1.65 bits per heavy atom. The third-order valence-electron chi connectivity index (χ3n) is 5.46. The fourth-order valence-electron chi connectivity index (χ4n) is 3.79. The van der Waals surface area contributed by atoms with Gasteiger partial charge in [0.05, 0.1) is 17.1 Å². The quantitative estimate of drug-likeness (QED) is 0.275. The Morgan fingerprint density at radius 1 is 0.853 bits per heavy atom. The molecule has 7 heteroatoms. The molecule has 0 amide bonds. The largest absolute Gasteiger partial charge is 0.455 e. The second-order valence-electron chi connectivity index (χ2n) is 7.67. The summed E-state index contributed by atoms with van der Waals surface area (Å²) in [5.74, 6) is 1.91. The maximum atomic E-state index is 13.3. The highest BCUT2D eigenvalue weighted by Gasteiger charge is 2.16. The topological polar surface area (TPSA) is 73.5 Å². The van der Waals surface area contributed by atoms with Gasteiger partial charge in [0.2, 0.25) is 5.82 Å². The minimum Gasteiger partial charge on any atom is -0.455 e. The van der Waals surface area contributed by atoms with Crippen LogP contribution in [0.5, 0.6) is 0 Å². The van der Waals surface area contributed by atoms with Crippen LogP contribution in [0.1, 0.15) is 5.76 Å². The van der Waals surface area contributed by atoms with Crippen LogP contribution >= 0.6 is 11.6 Å². The summed E-state index contributed by atoms with van der Waals surface area (Å²) in [5, 5.41) is 6.46. The molecule has 6 aromatic rings. The van der Waals surface area contributed by atoms with Crippen molar-refractivity contribution in [2.75, 3.05) is 0 Å². The maximum absolute atomic E-state index is 13.3. The molecular weight excluding hydrogens is 450 g/mol. The Balaban J connectivity index is 1.46. The molecule has 0 aliphatic heterocycles. The molecule has 0 unspecified atom stereocenters. The number of fused-ring (bicyclic) bond motifs is 2. The van der Waals surface area contributed by atoms with Gasteiger partial charge in [-0.2, -0.15) is 9.78 Å². The molecule has 0 saturated carbocycles. The van der Waals surface area contributed by atoms with Crippen molar-refractivity contribution >= 4 is 39.7 Å². The van der Waals surface area contributed by atoms with E-state index in [4.69, 9.17) is 20.4 Å². The molecule has 6 rings (SSSR count). The van der Waals surface area contributed by atoms with Crippen LogP contribution in [0.15, 0.2) is 110 Å². The van der Waals surface area contributed by atoms with Gasteiger partial charge in [0.15, 0.2) is 5.76 Å². The number of nitrogens with zero attached hydrogens (tertiary/aromatic N) is 3. The number of aromatic nitrogens is 2. The van der Waals surface area contributed by atoms with Crippen molar-refractivity contribution < 1.29 is 8.83 Å². The van der Waals surface area contributed by atoms with Gasteiger partial charge in [-0.3, -0.25) is 4.79 Å². The minimum atomic E-state index is -0.304. The average molecular weight is 466 g/mol. The molecule has 0 aliphatic carbocycles. The second-order valence-corrected chi connectivity index (χ2v) is 8.11.